The van der Waals surface area contributed by atoms with E-state index < -0.39 is 300 Å². The molecular formula is C99H109F30N15O5. The van der Waals surface area contributed by atoms with Crippen LogP contribution in [0.25, 0.3) is 24.2 Å². The lowest BCUT2D eigenvalue weighted by Gasteiger charge is -2.34. The molecule has 5 amide bonds. The van der Waals surface area contributed by atoms with Crippen molar-refractivity contribution < 1.29 is 156 Å². The molecule has 7 saturated carbocycles. The van der Waals surface area contributed by atoms with Crippen molar-refractivity contribution in [1.82, 2.24) is 53.2 Å². The summed E-state index contributed by atoms with van der Waals surface area (Å²) in [5.41, 5.74) is -8.09. The first-order valence-electron chi connectivity index (χ1n) is 47.5. The van der Waals surface area contributed by atoms with Crippen molar-refractivity contribution >= 4 is 29.5 Å². The van der Waals surface area contributed by atoms with E-state index in [0.29, 0.717) is 83.5 Å². The summed E-state index contributed by atoms with van der Waals surface area (Å²) in [5.74, 6) is -27.6. The molecule has 5 aromatic carbocycles. The molecule has 0 unspecified atom stereocenters. The van der Waals surface area contributed by atoms with E-state index in [0.717, 1.165) is 128 Å². The van der Waals surface area contributed by atoms with Crippen molar-refractivity contribution in [2.75, 3.05) is 0 Å². The van der Waals surface area contributed by atoms with Crippen molar-refractivity contribution in [3.63, 3.8) is 0 Å². The van der Waals surface area contributed by atoms with Gasteiger partial charge in [-0.1, -0.05) is 114 Å². The average Bonchev–Trinajstić information content (AvgIpc) is 1.66. The topological polar surface area (TPSA) is 227 Å². The van der Waals surface area contributed by atoms with Gasteiger partial charge in [-0.05, 0) is 127 Å². The summed E-state index contributed by atoms with van der Waals surface area (Å²) in [7, 11) is 0. The minimum Gasteiger partial charge on any atom is -0.291 e. The smallest absolute Gasteiger partial charge is 0.291 e. The van der Waals surface area contributed by atoms with Gasteiger partial charge in [0.1, 0.15) is 59.3 Å². The van der Waals surface area contributed by atoms with Crippen LogP contribution in [0.15, 0.2) is 121 Å². The van der Waals surface area contributed by atoms with E-state index in [9.17, 15) is 147 Å². The molecule has 5 aromatic rings. The fourth-order valence-corrected chi connectivity index (χ4v) is 15.9. The Kier molecular flexibility index (Phi) is 41.4. The van der Waals surface area contributed by atoms with E-state index in [1.54, 1.807) is 6.92 Å². The van der Waals surface area contributed by atoms with Gasteiger partial charge in [0.05, 0.1) is 94.4 Å². The van der Waals surface area contributed by atoms with E-state index in [1.807, 2.05) is 16.0 Å². The number of carbonyl (C=O) groups excluding carboxylic acids is 5. The number of halogens is 30. The van der Waals surface area contributed by atoms with Crippen molar-refractivity contribution in [3.8, 4) is 0 Å². The highest BCUT2D eigenvalue weighted by Gasteiger charge is 2.61. The predicted octanol–water partition coefficient (Wildman–Crippen LogP) is 24.5. The highest BCUT2D eigenvalue weighted by atomic mass is 19.4. The van der Waals surface area contributed by atoms with Gasteiger partial charge in [-0.15, -0.1) is 0 Å². The van der Waals surface area contributed by atoms with Crippen molar-refractivity contribution in [1.29, 1.82) is 0 Å². The van der Waals surface area contributed by atoms with Crippen molar-refractivity contribution in [3.05, 3.63) is 235 Å². The maximum atomic E-state index is 15.0. The van der Waals surface area contributed by atoms with Gasteiger partial charge in [-0.25, -0.2) is 98.7 Å². The summed E-state index contributed by atoms with van der Waals surface area (Å²) in [6.45, 7) is 39.9. The number of carbonyl (C=O) groups is 5. The molecule has 7 aliphatic rings. The summed E-state index contributed by atoms with van der Waals surface area (Å²) >= 11 is 0. The first kappa shape index (κ1) is 123. The van der Waals surface area contributed by atoms with Crippen LogP contribution in [0.3, 0.4) is 0 Å². The van der Waals surface area contributed by atoms with Gasteiger partial charge in [-0.3, -0.25) is 101 Å². The minimum atomic E-state index is -4.92. The first-order valence-corrected chi connectivity index (χ1v) is 47.5. The normalized spacial score (nSPS) is 19.0. The van der Waals surface area contributed by atoms with E-state index in [2.05, 4.69) is 61.4 Å². The van der Waals surface area contributed by atoms with Gasteiger partial charge >= 0.3 is 59.2 Å². The first-order chi connectivity index (χ1) is 69.1. The predicted molar refractivity (Wildman–Crippen MR) is 481 cm³/mol. The molecule has 50 heteroatoms. The number of nitrogens with one attached hydrogen (secondary N) is 10. The van der Waals surface area contributed by atoms with Crippen LogP contribution >= 0.6 is 0 Å². The second-order valence-corrected chi connectivity index (χ2v) is 38.2. The molecule has 10 atom stereocenters. The Morgan fingerprint density at radius 2 is 0.503 bits per heavy atom. The molecule has 7 fully saturated rings. The second kappa shape index (κ2) is 50.2. The van der Waals surface area contributed by atoms with Gasteiger partial charge in [0.15, 0.2) is 0 Å². The van der Waals surface area contributed by atoms with Gasteiger partial charge < -0.3 is 0 Å². The third kappa shape index (κ3) is 38.2. The van der Waals surface area contributed by atoms with Gasteiger partial charge in [0.2, 0.25) is 47.3 Å². The lowest BCUT2D eigenvalue weighted by atomic mass is 9.82. The van der Waals surface area contributed by atoms with Crippen molar-refractivity contribution in [2.45, 2.75) is 356 Å². The number of rotatable bonds is 44. The monoisotopic (exact) mass is 2160 g/mol. The number of amides is 5. The van der Waals surface area contributed by atoms with E-state index >= 15 is 8.78 Å². The molecule has 0 radical (unpaired) electrons. The van der Waals surface area contributed by atoms with Crippen LogP contribution in [0.2, 0.25) is 0 Å². The van der Waals surface area contributed by atoms with Gasteiger partial charge in [0.25, 0.3) is 11.8 Å². The second-order valence-electron chi connectivity index (χ2n) is 38.2. The fourth-order valence-electron chi connectivity index (χ4n) is 15.9. The summed E-state index contributed by atoms with van der Waals surface area (Å²) < 4.78 is 414. The number of unbranched alkanes of at least 4 members (excludes halogenated alkanes) is 1. The summed E-state index contributed by atoms with van der Waals surface area (Å²) in [6, 6.07) is -4.18. The van der Waals surface area contributed by atoms with E-state index in [1.165, 1.54) is 13.8 Å². The molecular weight excluding hydrogens is 2050 g/mol. The van der Waals surface area contributed by atoms with Crippen LogP contribution in [0.1, 0.15) is 265 Å². The van der Waals surface area contributed by atoms with E-state index in [-0.39, 0.29) is 44.1 Å². The third-order valence-electron chi connectivity index (χ3n) is 25.7. The van der Waals surface area contributed by atoms with Crippen LogP contribution in [0.4, 0.5) is 132 Å². The molecule has 149 heavy (non-hydrogen) atoms. The summed E-state index contributed by atoms with van der Waals surface area (Å²) in [5, 5.41) is 21.7. The standard InChI is InChI=1S/C22H25F6N3O.C20H23F6N3O.C19H19F6N3O.2C19H21F6N3O/c1-29-20(11-12-20)31-19(32)17(13-21(24,25)15-5-3-2-4-6-15)30-18(22(26,27)28)14-7-9-16(23)10-8-14;1-3-4-9-18(22,23)12-15(17(30)29-19(27-2)10-11-19)28-16(20(24,25)26)13-5-7-14(21)8-6-13;1-26-17(8-9-17)28-16(29)14(10-18(21,22)12-4-5-12)27-15(19(23,24)25)11-2-6-13(20)7-3-11;1-3-17(21,22)9-8-14(16(29)28-18(26-2)10-11-18)27-15(19(23,24)25)12-4-6-13(20)7-5-12;1-3-8-17(21,22)11-14(16(29)28-18(26-2)9-10-18)27-15(19(23,24)25)12-4-6-13(20)7-5-12/h7-10,15,17-18,30H,2-6,11-13H2,(H,31,32);5-8,15-16,28H,3-4,9-12H2,1H3,(H,29,30);2-3,6-7,12,14-15,27H,4-5,8-10H2,(H,28,29);2*4-7,14-15,27H,3,8-11H2,1H3,(H,28,29)/t17-,18-;15-,16-;3*14-,15-/m00000/s1. The quantitative estimate of drug-likeness (QED) is 0.0131. The Labute approximate surface area is 838 Å². The zero-order valence-corrected chi connectivity index (χ0v) is 80.1. The third-order valence-corrected chi connectivity index (χ3v) is 25.7. The molecule has 0 aliphatic heterocycles. The highest BCUT2D eigenvalue weighted by molar-refractivity contribution is 5.86. The van der Waals surface area contributed by atoms with Crippen LogP contribution in [-0.2, 0) is 24.0 Å². The maximum Gasteiger partial charge on any atom is 0.407 e. The average molecular weight is 2160 g/mol. The zero-order chi connectivity index (χ0) is 111. The Bertz CT molecular complexity index is 5460. The molecule has 0 bridgehead atoms. The lowest BCUT2D eigenvalue weighted by Crippen LogP contribution is -2.54. The molecule has 12 rings (SSSR count). The number of benzene rings is 5. The van der Waals surface area contributed by atoms with Crippen LogP contribution in [0.5, 0.6) is 0 Å². The fraction of sp³-hybridized carbons (Fsp3) is 0.596. The molecule has 0 spiro atoms. The lowest BCUT2D eigenvalue weighted by molar-refractivity contribution is -0.165. The molecule has 10 N–H and O–H groups in total. The minimum absolute atomic E-state index is 0.0774. The highest BCUT2D eigenvalue weighted by Crippen LogP contribution is 2.50. The Morgan fingerprint density at radius 3 is 0.705 bits per heavy atom. The SMILES string of the molecule is [C-]#[N+]C1(NC(=O)[C@H](CC(F)(F)C2CC2)N[C@@H](c2ccc(F)cc2)C(F)(F)F)CC1.[C-]#[N+]C1(NC(=O)[C@H](CC(F)(F)C2CCCCC2)N[C@@H](c2ccc(F)cc2)C(F)(F)F)CC1.[C-]#[N+]C1(NC(=O)[C@H](CC(F)(F)CCC)N[C@@H](c2ccc(F)cc2)C(F)(F)F)CC1.[C-]#[N+]C1(NC(=O)[C@H](CC(F)(F)CCCC)N[C@@H](c2ccc(F)cc2)C(F)(F)F)CC1.[C-]#[N+]C1(NC(=O)[C@H](CCC(F)(F)CC)N[C@@H](c2ccc(F)cc2)C(F)(F)F)CC1. The van der Waals surface area contributed by atoms with E-state index in [4.69, 9.17) is 32.9 Å². The summed E-state index contributed by atoms with van der Waals surface area (Å²) in [4.78, 5) is 79.2. The zero-order valence-electron chi connectivity index (χ0n) is 80.1. The van der Waals surface area contributed by atoms with Crippen molar-refractivity contribution in [2.24, 2.45) is 11.8 Å². The number of nitrogens with zero attached hydrogens (tertiary/aromatic N) is 5. The summed E-state index contributed by atoms with van der Waals surface area (Å²) in [6.07, 6.45) is -25.3. The number of hydrogen-bond donors (Lipinski definition) is 10. The van der Waals surface area contributed by atoms with Crippen LogP contribution < -0.4 is 53.2 Å². The Morgan fingerprint density at radius 1 is 0.289 bits per heavy atom. The molecule has 7 aliphatic carbocycles. The molecule has 820 valence electrons. The molecule has 0 aromatic heterocycles. The largest absolute Gasteiger partial charge is 0.407 e. The van der Waals surface area contributed by atoms with Crippen LogP contribution in [-0.4, -0.2) is 149 Å². The molecule has 20 nitrogen and oxygen atoms in total. The van der Waals surface area contributed by atoms with Gasteiger partial charge in [-0.2, -0.15) is 65.9 Å². The molecule has 0 heterocycles. The Hall–Kier alpha value is -11.4. The molecule has 0 saturated heterocycles. The van der Waals surface area contributed by atoms with Crippen LogP contribution in [0, 0.1) is 73.8 Å². The van der Waals surface area contributed by atoms with Gasteiger partial charge in [0, 0.05) is 63.2 Å². The Balaban J connectivity index is 0.000000227. The number of hydrogen-bond acceptors (Lipinski definition) is 10. The number of alkyl halides is 25. The maximum absolute atomic E-state index is 15.0.